The topological polar surface area (TPSA) is 58.4 Å². The molecule has 0 aromatic carbocycles. The second-order valence-corrected chi connectivity index (χ2v) is 3.20. The van der Waals surface area contributed by atoms with E-state index >= 15 is 0 Å². The van der Waals surface area contributed by atoms with Gasteiger partial charge in [-0.2, -0.15) is 0 Å². The highest BCUT2D eigenvalue weighted by atomic mass is 16.2. The van der Waals surface area contributed by atoms with Gasteiger partial charge in [0.2, 0.25) is 0 Å². The molecule has 0 radical (unpaired) electrons. The lowest BCUT2D eigenvalue weighted by Crippen LogP contribution is -2.44. The summed E-state index contributed by atoms with van der Waals surface area (Å²) in [4.78, 5) is 12.9. The van der Waals surface area contributed by atoms with E-state index in [9.17, 15) is 4.79 Å². The smallest absolute Gasteiger partial charge is 0.324 e. The maximum atomic E-state index is 11.1. The Hall–Kier alpha value is -0.770. The molecule has 0 aromatic rings. The van der Waals surface area contributed by atoms with Crippen molar-refractivity contribution in [3.63, 3.8) is 0 Å². The van der Waals surface area contributed by atoms with Crippen molar-refractivity contribution in [1.29, 1.82) is 0 Å². The second-order valence-electron chi connectivity index (χ2n) is 3.20. The highest BCUT2D eigenvalue weighted by Gasteiger charge is 2.12. The van der Waals surface area contributed by atoms with Gasteiger partial charge in [-0.25, -0.2) is 10.6 Å². The van der Waals surface area contributed by atoms with Gasteiger partial charge in [-0.15, -0.1) is 0 Å². The molecule has 1 aliphatic heterocycles. The van der Waals surface area contributed by atoms with Crippen LogP contribution in [0.2, 0.25) is 0 Å². The Kier molecular flexibility index (Phi) is 3.87. The van der Waals surface area contributed by atoms with Crippen molar-refractivity contribution in [3.8, 4) is 0 Å². The number of urea groups is 1. The summed E-state index contributed by atoms with van der Waals surface area (Å²) in [5, 5.41) is 0. The maximum absolute atomic E-state index is 11.1. The van der Waals surface area contributed by atoms with Crippen molar-refractivity contribution >= 4 is 6.03 Å². The molecule has 4 nitrogen and oxygen atoms in total. The normalized spacial score (nSPS) is 19.6. The lowest BCUT2D eigenvalue weighted by atomic mass is 10.1. The predicted octanol–water partition coefficient (Wildman–Crippen LogP) is 0.836. The zero-order valence-electron chi connectivity index (χ0n) is 7.38. The fourth-order valence-electron chi connectivity index (χ4n) is 1.54. The van der Waals surface area contributed by atoms with E-state index < -0.39 is 0 Å². The summed E-state index contributed by atoms with van der Waals surface area (Å²) < 4.78 is 0. The number of carbonyl (C=O) groups excluding carboxylic acids is 1. The first kappa shape index (κ1) is 9.32. The SMILES string of the molecule is NNC(=O)N1CCCCCCC1. The number of hydrogen-bond acceptors (Lipinski definition) is 2. The van der Waals surface area contributed by atoms with Gasteiger partial charge >= 0.3 is 6.03 Å². The van der Waals surface area contributed by atoms with Crippen LogP contribution in [0.15, 0.2) is 0 Å². The Morgan fingerprint density at radius 2 is 1.58 bits per heavy atom. The van der Waals surface area contributed by atoms with E-state index in [-0.39, 0.29) is 6.03 Å². The molecule has 0 aliphatic carbocycles. The van der Waals surface area contributed by atoms with Gasteiger partial charge in [-0.3, -0.25) is 5.43 Å². The van der Waals surface area contributed by atoms with Gasteiger partial charge in [-0.1, -0.05) is 19.3 Å². The fraction of sp³-hybridized carbons (Fsp3) is 0.875. The Balaban J connectivity index is 2.34. The molecule has 0 unspecified atom stereocenters. The van der Waals surface area contributed by atoms with Crippen molar-refractivity contribution in [3.05, 3.63) is 0 Å². The highest BCUT2D eigenvalue weighted by Crippen LogP contribution is 2.09. The summed E-state index contributed by atoms with van der Waals surface area (Å²) in [6.45, 7) is 1.70. The molecule has 0 atom stereocenters. The number of hydrogen-bond donors (Lipinski definition) is 2. The molecule has 0 spiro atoms. The molecule has 70 valence electrons. The summed E-state index contributed by atoms with van der Waals surface area (Å²) in [6, 6.07) is -0.142. The van der Waals surface area contributed by atoms with E-state index in [1.54, 1.807) is 4.90 Å². The minimum Gasteiger partial charge on any atom is -0.324 e. The van der Waals surface area contributed by atoms with E-state index in [1.165, 1.54) is 19.3 Å². The first-order chi connectivity index (χ1) is 5.84. The van der Waals surface area contributed by atoms with Gasteiger partial charge in [0.05, 0.1) is 0 Å². The molecule has 1 aliphatic rings. The lowest BCUT2D eigenvalue weighted by Gasteiger charge is -2.23. The summed E-state index contributed by atoms with van der Waals surface area (Å²) in [5.74, 6) is 5.05. The fourth-order valence-corrected chi connectivity index (χ4v) is 1.54. The van der Waals surface area contributed by atoms with Gasteiger partial charge in [-0.05, 0) is 12.8 Å². The molecule has 12 heavy (non-hydrogen) atoms. The van der Waals surface area contributed by atoms with Gasteiger partial charge in [0.1, 0.15) is 0 Å². The highest BCUT2D eigenvalue weighted by molar-refractivity contribution is 5.73. The molecule has 1 fully saturated rings. The third-order valence-electron chi connectivity index (χ3n) is 2.27. The van der Waals surface area contributed by atoms with Crippen LogP contribution in [0.25, 0.3) is 0 Å². The van der Waals surface area contributed by atoms with Crippen LogP contribution in [-0.2, 0) is 0 Å². The molecule has 4 heteroatoms. The summed E-state index contributed by atoms with van der Waals surface area (Å²) in [5.41, 5.74) is 2.17. The zero-order valence-corrected chi connectivity index (χ0v) is 7.38. The molecular formula is C8H17N3O. The van der Waals surface area contributed by atoms with Crippen molar-refractivity contribution in [2.75, 3.05) is 13.1 Å². The molecule has 1 saturated heterocycles. The number of nitrogens with zero attached hydrogens (tertiary/aromatic N) is 1. The Morgan fingerprint density at radius 3 is 2.08 bits per heavy atom. The van der Waals surface area contributed by atoms with Gasteiger partial charge in [0.15, 0.2) is 0 Å². The first-order valence-electron chi connectivity index (χ1n) is 4.60. The van der Waals surface area contributed by atoms with Crippen molar-refractivity contribution in [2.45, 2.75) is 32.1 Å². The molecule has 0 bridgehead atoms. The minimum atomic E-state index is -0.142. The number of nitrogens with one attached hydrogen (secondary N) is 1. The number of hydrazine groups is 1. The van der Waals surface area contributed by atoms with Crippen LogP contribution in [0.1, 0.15) is 32.1 Å². The maximum Gasteiger partial charge on any atom is 0.331 e. The number of likely N-dealkylation sites (tertiary alicyclic amines) is 1. The van der Waals surface area contributed by atoms with Crippen LogP contribution in [0.4, 0.5) is 4.79 Å². The van der Waals surface area contributed by atoms with Crippen molar-refractivity contribution < 1.29 is 4.79 Å². The quantitative estimate of drug-likeness (QED) is 0.322. The summed E-state index contributed by atoms with van der Waals surface area (Å²) in [6.07, 6.45) is 5.97. The van der Waals surface area contributed by atoms with E-state index in [2.05, 4.69) is 5.43 Å². The van der Waals surface area contributed by atoms with Crippen LogP contribution in [0.3, 0.4) is 0 Å². The van der Waals surface area contributed by atoms with Crippen molar-refractivity contribution in [1.82, 2.24) is 10.3 Å². The van der Waals surface area contributed by atoms with Gasteiger partial charge in [0, 0.05) is 13.1 Å². The van der Waals surface area contributed by atoms with Crippen LogP contribution >= 0.6 is 0 Å². The van der Waals surface area contributed by atoms with Crippen LogP contribution in [-0.4, -0.2) is 24.0 Å². The monoisotopic (exact) mass is 171 g/mol. The molecule has 0 aromatic heterocycles. The van der Waals surface area contributed by atoms with E-state index in [0.29, 0.717) is 0 Å². The second kappa shape index (κ2) is 4.98. The number of amides is 2. The standard InChI is InChI=1S/C8H17N3O/c9-10-8(12)11-6-4-2-1-3-5-7-11/h1-7,9H2,(H,10,12). The lowest BCUT2D eigenvalue weighted by molar-refractivity contribution is 0.192. The average Bonchev–Trinajstić information content (AvgIpc) is 2.02. The van der Waals surface area contributed by atoms with Gasteiger partial charge < -0.3 is 4.90 Å². The van der Waals surface area contributed by atoms with E-state index in [1.807, 2.05) is 0 Å². The minimum absolute atomic E-state index is 0.142. The van der Waals surface area contributed by atoms with Crippen LogP contribution < -0.4 is 11.3 Å². The largest absolute Gasteiger partial charge is 0.331 e. The molecule has 1 rings (SSSR count). The Labute approximate surface area is 73.1 Å². The van der Waals surface area contributed by atoms with Crippen LogP contribution in [0, 0.1) is 0 Å². The molecule has 1 heterocycles. The molecule has 2 amide bonds. The Morgan fingerprint density at radius 1 is 1.08 bits per heavy atom. The number of carbonyl (C=O) groups is 1. The predicted molar refractivity (Wildman–Crippen MR) is 47.4 cm³/mol. The molecule has 0 saturated carbocycles. The Bertz CT molecular complexity index is 141. The van der Waals surface area contributed by atoms with Crippen LogP contribution in [0.5, 0.6) is 0 Å². The summed E-state index contributed by atoms with van der Waals surface area (Å²) >= 11 is 0. The average molecular weight is 171 g/mol. The molecule has 3 N–H and O–H groups in total. The van der Waals surface area contributed by atoms with E-state index in [4.69, 9.17) is 5.84 Å². The summed E-state index contributed by atoms with van der Waals surface area (Å²) in [7, 11) is 0. The number of nitrogens with two attached hydrogens (primary N) is 1. The third kappa shape index (κ3) is 2.70. The van der Waals surface area contributed by atoms with Crippen molar-refractivity contribution in [2.24, 2.45) is 5.84 Å². The van der Waals surface area contributed by atoms with Gasteiger partial charge in [0.25, 0.3) is 0 Å². The molecular weight excluding hydrogens is 154 g/mol. The first-order valence-corrected chi connectivity index (χ1v) is 4.60. The zero-order chi connectivity index (χ0) is 8.81. The number of rotatable bonds is 0. The third-order valence-corrected chi connectivity index (χ3v) is 2.27. The van der Waals surface area contributed by atoms with E-state index in [0.717, 1.165) is 25.9 Å².